The van der Waals surface area contributed by atoms with Crippen molar-refractivity contribution in [3.05, 3.63) is 0 Å². The van der Waals surface area contributed by atoms with Gasteiger partial charge in [-0.25, -0.2) is 0 Å². The molecule has 72 valence electrons. The highest BCUT2D eigenvalue weighted by Crippen LogP contribution is 2.62. The zero-order valence-corrected chi connectivity index (χ0v) is 8.67. The monoisotopic (exact) mass is 178 g/mol. The van der Waals surface area contributed by atoms with E-state index in [0.29, 0.717) is 23.2 Å². The van der Waals surface area contributed by atoms with Crippen LogP contribution in [0.25, 0.3) is 0 Å². The van der Waals surface area contributed by atoms with Gasteiger partial charge < -0.3 is 5.11 Å². The Kier molecular flexibility index (Phi) is 1.61. The number of rotatable bonds is 0. The minimum absolute atomic E-state index is 0.331. The Morgan fingerprint density at radius 2 is 2.08 bits per heavy atom. The second-order valence-corrected chi connectivity index (χ2v) is 5.42. The fraction of sp³-hybridized carbons (Fsp3) is 0.833. The molecule has 0 aliphatic heterocycles. The molecule has 0 saturated heterocycles. The van der Waals surface area contributed by atoms with Crippen LogP contribution in [-0.2, 0) is 0 Å². The van der Waals surface area contributed by atoms with Gasteiger partial charge in [-0.05, 0) is 30.1 Å². The van der Waals surface area contributed by atoms with Crippen LogP contribution in [-0.4, -0.2) is 10.7 Å². The van der Waals surface area contributed by atoms with E-state index in [1.807, 2.05) is 0 Å². The van der Waals surface area contributed by atoms with E-state index < -0.39 is 5.60 Å². The van der Waals surface area contributed by atoms with E-state index in [1.165, 1.54) is 0 Å². The van der Waals surface area contributed by atoms with Crippen molar-refractivity contribution in [2.24, 2.45) is 23.2 Å². The van der Waals surface area contributed by atoms with Crippen molar-refractivity contribution in [1.82, 2.24) is 0 Å². The molecule has 4 atom stereocenters. The van der Waals surface area contributed by atoms with Crippen LogP contribution < -0.4 is 0 Å². The molecule has 1 nitrogen and oxygen atoms in total. The Balaban J connectivity index is 2.33. The summed E-state index contributed by atoms with van der Waals surface area (Å²) in [6, 6.07) is 0. The topological polar surface area (TPSA) is 20.2 Å². The molecule has 0 aromatic carbocycles. The Hall–Kier alpha value is -0.480. The predicted octanol–water partition coefficient (Wildman–Crippen LogP) is 2.05. The molecule has 2 bridgehead atoms. The molecule has 13 heavy (non-hydrogen) atoms. The third-order valence-electron chi connectivity index (χ3n) is 4.79. The molecular formula is C12H18O. The van der Waals surface area contributed by atoms with Crippen LogP contribution in [0.5, 0.6) is 0 Å². The Bertz CT molecular complexity index is 269. The third-order valence-corrected chi connectivity index (χ3v) is 4.79. The summed E-state index contributed by atoms with van der Waals surface area (Å²) in [6.45, 7) is 6.84. The number of hydrogen-bond donors (Lipinski definition) is 1. The van der Waals surface area contributed by atoms with Gasteiger partial charge in [0.05, 0.1) is 0 Å². The molecule has 1 heteroatoms. The standard InChI is InChI=1S/C12H18O/c1-5-12(13)7-9-6-10(12)8(2)11(9,3)4/h1,8-10,13H,6-7H2,2-4H3/t8-,9-,10+,12+/m1/s1. The van der Waals surface area contributed by atoms with E-state index in [-0.39, 0.29) is 0 Å². The highest BCUT2D eigenvalue weighted by atomic mass is 16.3. The molecule has 2 fully saturated rings. The lowest BCUT2D eigenvalue weighted by molar-refractivity contribution is -0.0249. The Labute approximate surface area is 80.5 Å². The molecule has 0 aromatic heterocycles. The van der Waals surface area contributed by atoms with Crippen molar-refractivity contribution in [1.29, 1.82) is 0 Å². The van der Waals surface area contributed by atoms with Crippen LogP contribution >= 0.6 is 0 Å². The fourth-order valence-corrected chi connectivity index (χ4v) is 3.35. The summed E-state index contributed by atoms with van der Waals surface area (Å²) in [5.41, 5.74) is -0.423. The SMILES string of the molecule is C#C[C@]1(O)C[C@H]2C[C@H]1[C@@H](C)C2(C)C. The normalized spacial score (nSPS) is 52.1. The van der Waals surface area contributed by atoms with Crippen LogP contribution in [0, 0.1) is 35.5 Å². The fourth-order valence-electron chi connectivity index (χ4n) is 3.35. The lowest BCUT2D eigenvalue weighted by atomic mass is 9.65. The molecule has 0 unspecified atom stereocenters. The molecule has 0 heterocycles. The van der Waals surface area contributed by atoms with E-state index in [1.54, 1.807) is 0 Å². The summed E-state index contributed by atoms with van der Waals surface area (Å²) in [5, 5.41) is 10.2. The second kappa shape index (κ2) is 2.30. The molecule has 2 rings (SSSR count). The van der Waals surface area contributed by atoms with Crippen LogP contribution in [0.1, 0.15) is 33.6 Å². The van der Waals surface area contributed by atoms with E-state index in [9.17, 15) is 5.11 Å². The zero-order valence-electron chi connectivity index (χ0n) is 8.67. The van der Waals surface area contributed by atoms with Gasteiger partial charge in [0, 0.05) is 5.92 Å². The average molecular weight is 178 g/mol. The van der Waals surface area contributed by atoms with Crippen LogP contribution in [0.4, 0.5) is 0 Å². The second-order valence-electron chi connectivity index (χ2n) is 5.42. The average Bonchev–Trinajstić information content (AvgIpc) is 2.51. The Morgan fingerprint density at radius 1 is 1.46 bits per heavy atom. The maximum Gasteiger partial charge on any atom is 0.128 e. The first-order valence-electron chi connectivity index (χ1n) is 5.12. The van der Waals surface area contributed by atoms with Crippen LogP contribution in [0.15, 0.2) is 0 Å². The molecule has 2 aliphatic rings. The summed E-state index contributed by atoms with van der Waals surface area (Å²) < 4.78 is 0. The van der Waals surface area contributed by atoms with Crippen LogP contribution in [0.3, 0.4) is 0 Å². The van der Waals surface area contributed by atoms with Gasteiger partial charge in [-0.1, -0.05) is 26.7 Å². The summed E-state index contributed by atoms with van der Waals surface area (Å²) >= 11 is 0. The first-order valence-corrected chi connectivity index (χ1v) is 5.12. The lowest BCUT2D eigenvalue weighted by Crippen LogP contribution is -2.43. The van der Waals surface area contributed by atoms with Crippen LogP contribution in [0.2, 0.25) is 0 Å². The molecule has 2 aliphatic carbocycles. The minimum Gasteiger partial charge on any atom is -0.377 e. The van der Waals surface area contributed by atoms with Crippen molar-refractivity contribution >= 4 is 0 Å². The molecule has 2 saturated carbocycles. The van der Waals surface area contributed by atoms with E-state index in [2.05, 4.69) is 26.7 Å². The minimum atomic E-state index is -0.792. The molecule has 1 N–H and O–H groups in total. The molecular weight excluding hydrogens is 160 g/mol. The van der Waals surface area contributed by atoms with Crippen molar-refractivity contribution in [3.63, 3.8) is 0 Å². The van der Waals surface area contributed by atoms with Gasteiger partial charge in [-0.2, -0.15) is 0 Å². The van der Waals surface area contributed by atoms with Gasteiger partial charge >= 0.3 is 0 Å². The Morgan fingerprint density at radius 3 is 2.46 bits per heavy atom. The maximum absolute atomic E-state index is 10.2. The van der Waals surface area contributed by atoms with Crippen molar-refractivity contribution in [3.8, 4) is 12.3 Å². The van der Waals surface area contributed by atoms with E-state index in [0.717, 1.165) is 12.8 Å². The molecule has 0 spiro atoms. The van der Waals surface area contributed by atoms with E-state index in [4.69, 9.17) is 6.42 Å². The predicted molar refractivity (Wildman–Crippen MR) is 52.9 cm³/mol. The molecule has 0 amide bonds. The van der Waals surface area contributed by atoms with Crippen molar-refractivity contribution in [2.45, 2.75) is 39.2 Å². The molecule has 0 radical (unpaired) electrons. The largest absolute Gasteiger partial charge is 0.377 e. The smallest absolute Gasteiger partial charge is 0.128 e. The van der Waals surface area contributed by atoms with Crippen molar-refractivity contribution in [2.75, 3.05) is 0 Å². The quantitative estimate of drug-likeness (QED) is 0.563. The first-order chi connectivity index (χ1) is 5.92. The zero-order chi connectivity index (χ0) is 9.85. The number of hydrogen-bond acceptors (Lipinski definition) is 1. The first kappa shape index (κ1) is 9.09. The number of aliphatic hydroxyl groups is 1. The lowest BCUT2D eigenvalue weighted by Gasteiger charge is -2.42. The van der Waals surface area contributed by atoms with Gasteiger partial charge in [-0.15, -0.1) is 6.42 Å². The van der Waals surface area contributed by atoms with Gasteiger partial charge in [0.15, 0.2) is 0 Å². The summed E-state index contributed by atoms with van der Waals surface area (Å²) in [5.74, 6) is 4.09. The highest BCUT2D eigenvalue weighted by Gasteiger charge is 2.60. The van der Waals surface area contributed by atoms with Gasteiger partial charge in [0.25, 0.3) is 0 Å². The number of fused-ring (bicyclic) bond motifs is 2. The number of terminal acetylenes is 1. The van der Waals surface area contributed by atoms with Gasteiger partial charge in [0.1, 0.15) is 5.60 Å². The summed E-state index contributed by atoms with van der Waals surface area (Å²) in [4.78, 5) is 0. The summed E-state index contributed by atoms with van der Waals surface area (Å²) in [6.07, 6.45) is 7.34. The van der Waals surface area contributed by atoms with Gasteiger partial charge in [0.2, 0.25) is 0 Å². The molecule has 0 aromatic rings. The van der Waals surface area contributed by atoms with E-state index >= 15 is 0 Å². The summed E-state index contributed by atoms with van der Waals surface area (Å²) in [7, 11) is 0. The third kappa shape index (κ3) is 0.929. The van der Waals surface area contributed by atoms with Gasteiger partial charge in [-0.3, -0.25) is 0 Å². The highest BCUT2D eigenvalue weighted by molar-refractivity contribution is 5.21. The maximum atomic E-state index is 10.2. The van der Waals surface area contributed by atoms with Crippen molar-refractivity contribution < 1.29 is 5.11 Å².